The molecule has 1 unspecified atom stereocenters. The van der Waals surface area contributed by atoms with Gasteiger partial charge >= 0.3 is 0 Å². The molecule has 0 spiro atoms. The summed E-state index contributed by atoms with van der Waals surface area (Å²) in [6, 6.07) is 10.1. The van der Waals surface area contributed by atoms with Crippen LogP contribution in [0.4, 0.5) is 10.1 Å². The molecule has 0 radical (unpaired) electrons. The van der Waals surface area contributed by atoms with E-state index in [2.05, 4.69) is 0 Å². The lowest BCUT2D eigenvalue weighted by Crippen LogP contribution is -2.07. The molecule has 4 nitrogen and oxygen atoms in total. The normalized spacial score (nSPS) is 12.2. The fourth-order valence-corrected chi connectivity index (χ4v) is 2.29. The van der Waals surface area contributed by atoms with Crippen LogP contribution in [0.3, 0.4) is 0 Å². The lowest BCUT2D eigenvalue weighted by molar-refractivity contribution is -0.385. The van der Waals surface area contributed by atoms with E-state index in [1.54, 1.807) is 6.07 Å². The first kappa shape index (κ1) is 14.4. The van der Waals surface area contributed by atoms with Crippen LogP contribution >= 0.6 is 11.6 Å². The summed E-state index contributed by atoms with van der Waals surface area (Å²) in [4.78, 5) is 10.4. The molecule has 0 aliphatic heterocycles. The van der Waals surface area contributed by atoms with Gasteiger partial charge in [0.15, 0.2) is 0 Å². The number of rotatable bonds is 4. The van der Waals surface area contributed by atoms with Crippen molar-refractivity contribution in [2.45, 2.75) is 12.5 Å². The van der Waals surface area contributed by atoms with Gasteiger partial charge in [0.25, 0.3) is 5.69 Å². The fraction of sp³-hybridized carbons (Fsp3) is 0.143. The summed E-state index contributed by atoms with van der Waals surface area (Å²) < 4.78 is 13.7. The Bertz CT molecular complexity index is 628. The monoisotopic (exact) mass is 295 g/mol. The third-order valence-electron chi connectivity index (χ3n) is 2.93. The number of nitrogens with zero attached hydrogens (tertiary/aromatic N) is 1. The fourth-order valence-electron chi connectivity index (χ4n) is 2.00. The first-order chi connectivity index (χ1) is 9.50. The van der Waals surface area contributed by atoms with Gasteiger partial charge in [0.1, 0.15) is 5.82 Å². The van der Waals surface area contributed by atoms with E-state index in [0.29, 0.717) is 5.56 Å². The molecule has 104 valence electrons. The molecule has 0 saturated carbocycles. The van der Waals surface area contributed by atoms with E-state index in [9.17, 15) is 19.6 Å². The van der Waals surface area contributed by atoms with E-state index >= 15 is 0 Å². The smallest absolute Gasteiger partial charge is 0.272 e. The predicted octanol–water partition coefficient (Wildman–Crippen LogP) is 3.66. The number of aliphatic hydroxyl groups is 1. The van der Waals surface area contributed by atoms with Crippen LogP contribution < -0.4 is 0 Å². The number of hydrogen-bond acceptors (Lipinski definition) is 3. The zero-order chi connectivity index (χ0) is 14.7. The molecule has 0 aliphatic carbocycles. The van der Waals surface area contributed by atoms with Gasteiger partial charge in [-0.15, -0.1) is 0 Å². The molecule has 6 heteroatoms. The standard InChI is InChI=1S/C14H11ClFNO3/c15-10-5-3-6-11(16)14(10)13(18)8-9-4-1-2-7-12(9)17(19)20/h1-7,13,18H,8H2. The van der Waals surface area contributed by atoms with E-state index in [-0.39, 0.29) is 22.7 Å². The highest BCUT2D eigenvalue weighted by atomic mass is 35.5. The number of halogens is 2. The lowest BCUT2D eigenvalue weighted by Gasteiger charge is -2.13. The van der Waals surface area contributed by atoms with Gasteiger partial charge in [-0.3, -0.25) is 10.1 Å². The van der Waals surface area contributed by atoms with Crippen LogP contribution in [0.15, 0.2) is 42.5 Å². The van der Waals surface area contributed by atoms with Crippen molar-refractivity contribution < 1.29 is 14.4 Å². The zero-order valence-electron chi connectivity index (χ0n) is 10.3. The average molecular weight is 296 g/mol. The van der Waals surface area contributed by atoms with E-state index in [0.717, 1.165) is 0 Å². The van der Waals surface area contributed by atoms with Crippen molar-refractivity contribution >= 4 is 17.3 Å². The molecule has 1 N–H and O–H groups in total. The van der Waals surface area contributed by atoms with Crippen molar-refractivity contribution in [2.75, 3.05) is 0 Å². The van der Waals surface area contributed by atoms with Gasteiger partial charge in [0.05, 0.1) is 11.0 Å². The molecule has 0 bridgehead atoms. The summed E-state index contributed by atoms with van der Waals surface area (Å²) in [6.07, 6.45) is -1.33. The van der Waals surface area contributed by atoms with Crippen LogP contribution in [0.1, 0.15) is 17.2 Å². The summed E-state index contributed by atoms with van der Waals surface area (Å²) in [5, 5.41) is 21.1. The Labute approximate surface area is 119 Å². The van der Waals surface area contributed by atoms with Crippen LogP contribution in [0.25, 0.3) is 0 Å². The number of nitro benzene ring substituents is 1. The SMILES string of the molecule is O=[N+]([O-])c1ccccc1CC(O)c1c(F)cccc1Cl. The van der Waals surface area contributed by atoms with Crippen LogP contribution in [-0.2, 0) is 6.42 Å². The Morgan fingerprint density at radius 2 is 1.95 bits per heavy atom. The molecule has 2 aromatic rings. The third-order valence-corrected chi connectivity index (χ3v) is 3.26. The van der Waals surface area contributed by atoms with Crippen molar-refractivity contribution in [1.82, 2.24) is 0 Å². The Hall–Kier alpha value is -1.98. The molecule has 0 fully saturated rings. The second kappa shape index (κ2) is 5.98. The van der Waals surface area contributed by atoms with E-state index < -0.39 is 16.8 Å². The largest absolute Gasteiger partial charge is 0.388 e. The highest BCUT2D eigenvalue weighted by Crippen LogP contribution is 2.30. The van der Waals surface area contributed by atoms with Gasteiger partial charge in [-0.2, -0.15) is 0 Å². The van der Waals surface area contributed by atoms with E-state index in [1.807, 2.05) is 0 Å². The third kappa shape index (κ3) is 2.95. The summed E-state index contributed by atoms with van der Waals surface area (Å²) in [5.74, 6) is -0.636. The molecule has 0 heterocycles. The summed E-state index contributed by atoms with van der Waals surface area (Å²) >= 11 is 5.86. The van der Waals surface area contributed by atoms with Crippen molar-refractivity contribution in [3.05, 3.63) is 74.5 Å². The van der Waals surface area contributed by atoms with Crippen LogP contribution in [0, 0.1) is 15.9 Å². The van der Waals surface area contributed by atoms with Crippen molar-refractivity contribution in [2.24, 2.45) is 0 Å². The number of hydrogen-bond donors (Lipinski definition) is 1. The predicted molar refractivity (Wildman–Crippen MR) is 73.2 cm³/mol. The van der Waals surface area contributed by atoms with E-state index in [1.165, 1.54) is 36.4 Å². The highest BCUT2D eigenvalue weighted by Gasteiger charge is 2.21. The van der Waals surface area contributed by atoms with Gasteiger partial charge in [0.2, 0.25) is 0 Å². The maximum atomic E-state index is 13.7. The Balaban J connectivity index is 2.33. The highest BCUT2D eigenvalue weighted by molar-refractivity contribution is 6.31. The molecule has 2 aromatic carbocycles. The van der Waals surface area contributed by atoms with Gasteiger partial charge in [-0.1, -0.05) is 35.9 Å². The van der Waals surface area contributed by atoms with E-state index in [4.69, 9.17) is 11.6 Å². The molecule has 2 rings (SSSR count). The molecule has 0 aromatic heterocycles. The number of nitro groups is 1. The molecule has 0 amide bonds. The number of benzene rings is 2. The minimum atomic E-state index is -1.25. The minimum absolute atomic E-state index is 0.0488. The maximum absolute atomic E-state index is 13.7. The molecule has 0 aliphatic rings. The minimum Gasteiger partial charge on any atom is -0.388 e. The Kier molecular flexibility index (Phi) is 4.32. The quantitative estimate of drug-likeness (QED) is 0.691. The van der Waals surface area contributed by atoms with Gasteiger partial charge in [-0.25, -0.2) is 4.39 Å². The average Bonchev–Trinajstić information content (AvgIpc) is 2.38. The van der Waals surface area contributed by atoms with Gasteiger partial charge in [-0.05, 0) is 12.1 Å². The summed E-state index contributed by atoms with van der Waals surface area (Å²) in [5.41, 5.74) is 0.163. The molecule has 0 saturated heterocycles. The first-order valence-corrected chi connectivity index (χ1v) is 6.22. The maximum Gasteiger partial charge on any atom is 0.272 e. The second-order valence-electron chi connectivity index (χ2n) is 4.24. The first-order valence-electron chi connectivity index (χ1n) is 5.85. The molecule has 20 heavy (non-hydrogen) atoms. The molecular weight excluding hydrogens is 285 g/mol. The number of aliphatic hydroxyl groups excluding tert-OH is 1. The molecular formula is C14H11ClFNO3. The summed E-state index contributed by atoms with van der Waals surface area (Å²) in [7, 11) is 0. The lowest BCUT2D eigenvalue weighted by atomic mass is 10.00. The van der Waals surface area contributed by atoms with Crippen LogP contribution in [-0.4, -0.2) is 10.0 Å². The van der Waals surface area contributed by atoms with Crippen molar-refractivity contribution in [3.63, 3.8) is 0 Å². The second-order valence-corrected chi connectivity index (χ2v) is 4.65. The van der Waals surface area contributed by atoms with Crippen molar-refractivity contribution in [3.8, 4) is 0 Å². The summed E-state index contributed by atoms with van der Waals surface area (Å²) in [6.45, 7) is 0. The van der Waals surface area contributed by atoms with Gasteiger partial charge < -0.3 is 5.11 Å². The zero-order valence-corrected chi connectivity index (χ0v) is 11.0. The van der Waals surface area contributed by atoms with Crippen LogP contribution in [0.5, 0.6) is 0 Å². The Morgan fingerprint density at radius 3 is 2.60 bits per heavy atom. The van der Waals surface area contributed by atoms with Crippen LogP contribution in [0.2, 0.25) is 5.02 Å². The Morgan fingerprint density at radius 1 is 1.25 bits per heavy atom. The topological polar surface area (TPSA) is 63.4 Å². The molecule has 1 atom stereocenters. The van der Waals surface area contributed by atoms with Gasteiger partial charge in [0, 0.05) is 28.6 Å². The van der Waals surface area contributed by atoms with Crippen molar-refractivity contribution in [1.29, 1.82) is 0 Å². The number of para-hydroxylation sites is 1.